The Bertz CT molecular complexity index is 1910. The number of aromatic amines is 1. The first-order chi connectivity index (χ1) is 19.9. The van der Waals surface area contributed by atoms with Crippen LogP contribution in [0.5, 0.6) is 0 Å². The molecule has 0 aliphatic rings. The van der Waals surface area contributed by atoms with Crippen molar-refractivity contribution in [3.8, 4) is 22.3 Å². The third kappa shape index (κ3) is 5.49. The molecule has 0 saturated carbocycles. The van der Waals surface area contributed by atoms with Gasteiger partial charge in [0, 0.05) is 63.5 Å². The summed E-state index contributed by atoms with van der Waals surface area (Å²) < 4.78 is 13.9. The van der Waals surface area contributed by atoms with E-state index in [1.807, 2.05) is 60.8 Å². The summed E-state index contributed by atoms with van der Waals surface area (Å²) in [6.45, 7) is 8.55. The predicted molar refractivity (Wildman–Crippen MR) is 167 cm³/mol. The van der Waals surface area contributed by atoms with Crippen LogP contribution in [0.1, 0.15) is 16.8 Å². The van der Waals surface area contributed by atoms with E-state index in [4.69, 9.17) is 5.73 Å². The third-order valence-corrected chi connectivity index (χ3v) is 7.04. The third-order valence-electron chi connectivity index (χ3n) is 7.04. The summed E-state index contributed by atoms with van der Waals surface area (Å²) in [6.07, 6.45) is 7.83. The van der Waals surface area contributed by atoms with Gasteiger partial charge in [0.15, 0.2) is 0 Å². The van der Waals surface area contributed by atoms with Gasteiger partial charge in [0.05, 0.1) is 23.6 Å². The molecule has 200 valence electrons. The maximum atomic E-state index is 13.9. The molecule has 0 unspecified atom stereocenters. The zero-order valence-electron chi connectivity index (χ0n) is 22.4. The van der Waals surface area contributed by atoms with Crippen molar-refractivity contribution in [2.75, 3.05) is 11.1 Å². The lowest BCUT2D eigenvalue weighted by atomic mass is 9.97. The fourth-order valence-electron chi connectivity index (χ4n) is 5.00. The molecule has 4 N–H and O–H groups in total. The van der Waals surface area contributed by atoms with Crippen LogP contribution in [0.2, 0.25) is 0 Å². The van der Waals surface area contributed by atoms with Gasteiger partial charge in [-0.25, -0.2) is 4.39 Å². The topological polar surface area (TPSA) is 79.6 Å². The highest BCUT2D eigenvalue weighted by Crippen LogP contribution is 2.35. The number of nitrogens with two attached hydrogens (primary N) is 1. The van der Waals surface area contributed by atoms with Crippen molar-refractivity contribution in [2.45, 2.75) is 6.42 Å². The number of pyridine rings is 2. The molecule has 6 aromatic rings. The average Bonchev–Trinajstić information content (AvgIpc) is 3.42. The van der Waals surface area contributed by atoms with Gasteiger partial charge in [-0.2, -0.15) is 0 Å². The summed E-state index contributed by atoms with van der Waals surface area (Å²) in [7, 11) is 0. The first-order valence-corrected chi connectivity index (χ1v) is 13.2. The van der Waals surface area contributed by atoms with Crippen molar-refractivity contribution in [1.82, 2.24) is 15.0 Å². The Labute approximate surface area is 237 Å². The number of nitrogen functional groups attached to an aromatic ring is 1. The highest BCUT2D eigenvalue weighted by Gasteiger charge is 2.14. The van der Waals surface area contributed by atoms with Gasteiger partial charge in [0.2, 0.25) is 0 Å². The molecule has 41 heavy (non-hydrogen) atoms. The molecule has 5 nitrogen and oxygen atoms in total. The minimum absolute atomic E-state index is 0.293. The molecule has 0 saturated heterocycles. The van der Waals surface area contributed by atoms with Crippen molar-refractivity contribution < 1.29 is 4.39 Å². The van der Waals surface area contributed by atoms with E-state index in [0.29, 0.717) is 5.69 Å². The van der Waals surface area contributed by atoms with Crippen LogP contribution in [0.4, 0.5) is 15.8 Å². The Morgan fingerprint density at radius 2 is 1.63 bits per heavy atom. The van der Waals surface area contributed by atoms with Crippen LogP contribution in [0, 0.1) is 5.82 Å². The van der Waals surface area contributed by atoms with E-state index >= 15 is 0 Å². The minimum atomic E-state index is -0.293. The molecule has 3 aromatic heterocycles. The second kappa shape index (κ2) is 10.9. The molecule has 0 amide bonds. The predicted octanol–water partition coefficient (Wildman–Crippen LogP) is 8.24. The molecule has 6 rings (SSSR count). The van der Waals surface area contributed by atoms with Gasteiger partial charge >= 0.3 is 0 Å². The smallest absolute Gasteiger partial charge is 0.123 e. The molecule has 6 heteroatoms. The summed E-state index contributed by atoms with van der Waals surface area (Å²) >= 11 is 0. The molecule has 0 aliphatic heterocycles. The number of rotatable bonds is 8. The highest BCUT2D eigenvalue weighted by atomic mass is 19.1. The van der Waals surface area contributed by atoms with Crippen molar-refractivity contribution in [2.24, 2.45) is 0 Å². The van der Waals surface area contributed by atoms with Gasteiger partial charge in [-0.05, 0) is 53.1 Å². The lowest BCUT2D eigenvalue weighted by Gasteiger charge is -2.13. The number of aromatic nitrogens is 3. The van der Waals surface area contributed by atoms with Crippen LogP contribution < -0.4 is 11.1 Å². The first kappa shape index (κ1) is 25.8. The van der Waals surface area contributed by atoms with E-state index in [-0.39, 0.29) is 5.82 Å². The van der Waals surface area contributed by atoms with Gasteiger partial charge in [0.1, 0.15) is 5.82 Å². The summed E-state index contributed by atoms with van der Waals surface area (Å²) in [4.78, 5) is 12.2. The molecular weight excluding hydrogens is 509 g/mol. The molecule has 0 radical (unpaired) electrons. The number of benzene rings is 3. The Morgan fingerprint density at radius 3 is 2.46 bits per heavy atom. The van der Waals surface area contributed by atoms with E-state index in [1.165, 1.54) is 17.7 Å². The van der Waals surface area contributed by atoms with Crippen LogP contribution in [-0.4, -0.2) is 15.0 Å². The quantitative estimate of drug-likeness (QED) is 0.171. The zero-order valence-corrected chi connectivity index (χ0v) is 22.4. The normalized spacial score (nSPS) is 11.0. The van der Waals surface area contributed by atoms with Crippen LogP contribution in [-0.2, 0) is 6.42 Å². The van der Waals surface area contributed by atoms with Crippen molar-refractivity contribution in [3.05, 3.63) is 151 Å². The van der Waals surface area contributed by atoms with Gasteiger partial charge in [0.25, 0.3) is 0 Å². The van der Waals surface area contributed by atoms with Crippen molar-refractivity contribution in [1.29, 1.82) is 0 Å². The van der Waals surface area contributed by atoms with Gasteiger partial charge in [-0.15, -0.1) is 0 Å². The fraction of sp³-hybridized carbons (Fsp3) is 0.0286. The van der Waals surface area contributed by atoms with Crippen LogP contribution >= 0.6 is 0 Å². The first-order valence-electron chi connectivity index (χ1n) is 13.2. The standard InChI is InChI=1S/C35H28FN5/c1-22(13-24-7-4-3-5-8-24)40-29-15-27(18-38-19-29)25-11-12-33(37)30(16-25)23(2)34-17-31-32(20-39-21-35(31)41-34)26-9-6-10-28(36)14-26/h3-12,14-21,40-41H,1-2,13,37H2. The molecule has 0 atom stereocenters. The van der Waals surface area contributed by atoms with E-state index < -0.39 is 0 Å². The minimum Gasteiger partial charge on any atom is -0.398 e. The lowest BCUT2D eigenvalue weighted by molar-refractivity contribution is 0.628. The summed E-state index contributed by atoms with van der Waals surface area (Å²) in [5, 5.41) is 4.30. The van der Waals surface area contributed by atoms with E-state index in [2.05, 4.69) is 45.6 Å². The number of nitrogens with one attached hydrogen (secondary N) is 2. The number of H-pyrrole nitrogens is 1. The summed E-state index contributed by atoms with van der Waals surface area (Å²) in [5.41, 5.74) is 16.6. The second-order valence-electron chi connectivity index (χ2n) is 9.98. The number of anilines is 2. The number of nitrogens with zero attached hydrogens (tertiary/aromatic N) is 2. The maximum absolute atomic E-state index is 13.9. The number of fused-ring (bicyclic) bond motifs is 1. The molecule has 0 aliphatic carbocycles. The Morgan fingerprint density at radius 1 is 0.805 bits per heavy atom. The van der Waals surface area contributed by atoms with E-state index in [1.54, 1.807) is 24.7 Å². The average molecular weight is 538 g/mol. The fourth-order valence-corrected chi connectivity index (χ4v) is 5.00. The monoisotopic (exact) mass is 537 g/mol. The molecule has 3 heterocycles. The van der Waals surface area contributed by atoms with Crippen molar-refractivity contribution in [3.63, 3.8) is 0 Å². The van der Waals surface area contributed by atoms with Gasteiger partial charge in [-0.1, -0.05) is 61.7 Å². The number of hydrogen-bond donors (Lipinski definition) is 3. The van der Waals surface area contributed by atoms with Gasteiger partial charge in [-0.3, -0.25) is 9.97 Å². The summed E-state index contributed by atoms with van der Waals surface area (Å²) in [6, 6.07) is 26.6. The van der Waals surface area contributed by atoms with E-state index in [0.717, 1.165) is 67.8 Å². The van der Waals surface area contributed by atoms with E-state index in [9.17, 15) is 4.39 Å². The highest BCUT2D eigenvalue weighted by molar-refractivity contribution is 5.98. The molecule has 0 spiro atoms. The van der Waals surface area contributed by atoms with Gasteiger partial charge < -0.3 is 16.0 Å². The molecule has 3 aromatic carbocycles. The molecular formula is C35H28FN5. The van der Waals surface area contributed by atoms with Crippen LogP contribution in [0.15, 0.2) is 129 Å². The SMILES string of the molecule is C=C(Cc1ccccc1)Nc1cncc(-c2ccc(N)c(C(=C)c3cc4c(-c5cccc(F)c5)cncc4[nH]3)c2)c1. The molecule has 0 fully saturated rings. The number of halogens is 1. The Kier molecular flexibility index (Phi) is 6.88. The summed E-state index contributed by atoms with van der Waals surface area (Å²) in [5.74, 6) is -0.293. The maximum Gasteiger partial charge on any atom is 0.123 e. The van der Waals surface area contributed by atoms with Crippen LogP contribution in [0.3, 0.4) is 0 Å². The number of allylic oxidation sites excluding steroid dienone is 1. The Hall–Kier alpha value is -5.49. The zero-order chi connectivity index (χ0) is 28.3. The van der Waals surface area contributed by atoms with Crippen molar-refractivity contribution >= 4 is 27.9 Å². The second-order valence-corrected chi connectivity index (χ2v) is 9.98. The molecule has 0 bridgehead atoms. The lowest BCUT2D eigenvalue weighted by Crippen LogP contribution is -2.02. The largest absolute Gasteiger partial charge is 0.398 e. The number of hydrogen-bond acceptors (Lipinski definition) is 4. The Balaban J connectivity index is 1.28. The van der Waals surface area contributed by atoms with Crippen LogP contribution in [0.25, 0.3) is 38.7 Å².